The summed E-state index contributed by atoms with van der Waals surface area (Å²) in [6.45, 7) is 6.88. The molecular weight excluding hydrogens is 208 g/mol. The zero-order chi connectivity index (χ0) is 12.0. The first-order chi connectivity index (χ1) is 7.65. The van der Waals surface area contributed by atoms with Crippen LogP contribution in [0.15, 0.2) is 24.8 Å². The highest BCUT2D eigenvalue weighted by molar-refractivity contribution is 5.89. The number of rotatable bonds is 3. The Bertz CT molecular complexity index is 300. The maximum atomic E-state index is 11.4. The van der Waals surface area contributed by atoms with Crippen molar-refractivity contribution in [3.63, 3.8) is 0 Å². The standard InChI is InChI=1S/C12H16O4/c1-3-11(13)15-16-12(14)9(2)10-7-5-4-6-8-10/h3,10H,1-2,4-8H2. The van der Waals surface area contributed by atoms with Crippen molar-refractivity contribution in [1.82, 2.24) is 0 Å². The van der Waals surface area contributed by atoms with Crippen LogP contribution < -0.4 is 0 Å². The SMILES string of the molecule is C=CC(=O)OOC(=O)C(=C)C1CCCCC1. The van der Waals surface area contributed by atoms with E-state index in [0.29, 0.717) is 5.57 Å². The Labute approximate surface area is 94.8 Å². The van der Waals surface area contributed by atoms with Gasteiger partial charge in [0.25, 0.3) is 0 Å². The molecule has 0 radical (unpaired) electrons. The van der Waals surface area contributed by atoms with Crippen LogP contribution in [0.3, 0.4) is 0 Å². The van der Waals surface area contributed by atoms with Crippen molar-refractivity contribution < 1.29 is 19.4 Å². The normalized spacial score (nSPS) is 16.2. The van der Waals surface area contributed by atoms with Gasteiger partial charge in [-0.2, -0.15) is 0 Å². The average molecular weight is 224 g/mol. The summed E-state index contributed by atoms with van der Waals surface area (Å²) in [6.07, 6.45) is 6.22. The first-order valence-corrected chi connectivity index (χ1v) is 5.39. The molecule has 1 saturated carbocycles. The van der Waals surface area contributed by atoms with E-state index in [0.717, 1.165) is 31.8 Å². The molecule has 0 aromatic carbocycles. The van der Waals surface area contributed by atoms with Crippen LogP contribution in [0.2, 0.25) is 0 Å². The summed E-state index contributed by atoms with van der Waals surface area (Å²) < 4.78 is 0. The molecule has 1 rings (SSSR count). The average Bonchev–Trinajstić information content (AvgIpc) is 2.35. The molecule has 1 aliphatic carbocycles. The van der Waals surface area contributed by atoms with E-state index in [9.17, 15) is 9.59 Å². The zero-order valence-corrected chi connectivity index (χ0v) is 9.24. The summed E-state index contributed by atoms with van der Waals surface area (Å²) in [7, 11) is 0. The Kier molecular flexibility index (Phi) is 4.76. The summed E-state index contributed by atoms with van der Waals surface area (Å²) in [5, 5.41) is 0. The Balaban J connectivity index is 2.37. The quantitative estimate of drug-likeness (QED) is 0.419. The monoisotopic (exact) mass is 224 g/mol. The number of hydrogen-bond donors (Lipinski definition) is 0. The maximum absolute atomic E-state index is 11.4. The van der Waals surface area contributed by atoms with Crippen LogP contribution in [-0.2, 0) is 19.4 Å². The van der Waals surface area contributed by atoms with Crippen molar-refractivity contribution in [2.75, 3.05) is 0 Å². The second kappa shape index (κ2) is 6.10. The Morgan fingerprint density at radius 3 is 2.31 bits per heavy atom. The summed E-state index contributed by atoms with van der Waals surface area (Å²) >= 11 is 0. The third-order valence-electron chi connectivity index (χ3n) is 2.73. The molecule has 0 bridgehead atoms. The highest BCUT2D eigenvalue weighted by Gasteiger charge is 2.23. The van der Waals surface area contributed by atoms with Gasteiger partial charge in [0.2, 0.25) is 0 Å². The largest absolute Gasteiger partial charge is 0.382 e. The third kappa shape index (κ3) is 3.53. The molecule has 0 heterocycles. The molecular formula is C12H16O4. The second-order valence-electron chi connectivity index (χ2n) is 3.84. The Morgan fingerprint density at radius 1 is 1.12 bits per heavy atom. The van der Waals surface area contributed by atoms with Gasteiger partial charge in [0.1, 0.15) is 0 Å². The topological polar surface area (TPSA) is 52.6 Å². The van der Waals surface area contributed by atoms with E-state index in [1.165, 1.54) is 6.42 Å². The van der Waals surface area contributed by atoms with E-state index in [1.807, 2.05) is 0 Å². The van der Waals surface area contributed by atoms with Crippen LogP contribution in [-0.4, -0.2) is 11.9 Å². The van der Waals surface area contributed by atoms with Gasteiger partial charge in [0, 0.05) is 11.6 Å². The molecule has 0 atom stereocenters. The van der Waals surface area contributed by atoms with Gasteiger partial charge in [-0.1, -0.05) is 32.4 Å². The van der Waals surface area contributed by atoms with Gasteiger partial charge in [-0.3, -0.25) is 0 Å². The fourth-order valence-electron chi connectivity index (χ4n) is 1.78. The van der Waals surface area contributed by atoms with Crippen LogP contribution in [0, 0.1) is 5.92 Å². The summed E-state index contributed by atoms with van der Waals surface area (Å²) in [6, 6.07) is 0. The molecule has 4 heteroatoms. The fraction of sp³-hybridized carbons (Fsp3) is 0.500. The zero-order valence-electron chi connectivity index (χ0n) is 9.24. The highest BCUT2D eigenvalue weighted by Crippen LogP contribution is 2.29. The van der Waals surface area contributed by atoms with Crippen molar-refractivity contribution in [3.05, 3.63) is 24.8 Å². The highest BCUT2D eigenvalue weighted by atomic mass is 17.2. The molecule has 0 amide bonds. The minimum absolute atomic E-state index is 0.156. The lowest BCUT2D eigenvalue weighted by Gasteiger charge is -2.21. The molecule has 16 heavy (non-hydrogen) atoms. The van der Waals surface area contributed by atoms with Crippen LogP contribution in [0.5, 0.6) is 0 Å². The van der Waals surface area contributed by atoms with E-state index in [-0.39, 0.29) is 5.92 Å². The minimum atomic E-state index is -0.787. The number of carbonyl (C=O) groups is 2. The maximum Gasteiger partial charge on any atom is 0.382 e. The van der Waals surface area contributed by atoms with E-state index in [2.05, 4.69) is 22.9 Å². The van der Waals surface area contributed by atoms with Crippen molar-refractivity contribution in [2.24, 2.45) is 5.92 Å². The number of hydrogen-bond acceptors (Lipinski definition) is 4. The summed E-state index contributed by atoms with van der Waals surface area (Å²) in [4.78, 5) is 30.6. The molecule has 0 saturated heterocycles. The molecule has 0 aromatic heterocycles. The molecule has 1 aliphatic rings. The smallest absolute Gasteiger partial charge is 0.242 e. The van der Waals surface area contributed by atoms with Gasteiger partial charge in [0.05, 0.1) is 0 Å². The fourth-order valence-corrected chi connectivity index (χ4v) is 1.78. The van der Waals surface area contributed by atoms with Gasteiger partial charge in [-0.15, -0.1) is 0 Å². The van der Waals surface area contributed by atoms with Gasteiger partial charge >= 0.3 is 11.9 Å². The van der Waals surface area contributed by atoms with Crippen molar-refractivity contribution >= 4 is 11.9 Å². The molecule has 0 spiro atoms. The summed E-state index contributed by atoms with van der Waals surface area (Å²) in [5.74, 6) is -1.30. The number of carbonyl (C=O) groups excluding carboxylic acids is 2. The van der Waals surface area contributed by atoms with Crippen molar-refractivity contribution in [3.8, 4) is 0 Å². The Hall–Kier alpha value is -1.58. The van der Waals surface area contributed by atoms with Crippen molar-refractivity contribution in [2.45, 2.75) is 32.1 Å². The lowest BCUT2D eigenvalue weighted by atomic mass is 9.84. The Morgan fingerprint density at radius 2 is 1.75 bits per heavy atom. The van der Waals surface area contributed by atoms with Gasteiger partial charge < -0.3 is 0 Å². The first-order valence-electron chi connectivity index (χ1n) is 5.39. The van der Waals surface area contributed by atoms with E-state index >= 15 is 0 Å². The van der Waals surface area contributed by atoms with E-state index in [1.54, 1.807) is 0 Å². The van der Waals surface area contributed by atoms with Crippen LogP contribution in [0.25, 0.3) is 0 Å². The van der Waals surface area contributed by atoms with Crippen molar-refractivity contribution in [1.29, 1.82) is 0 Å². The predicted molar refractivity (Wildman–Crippen MR) is 58.1 cm³/mol. The molecule has 4 nitrogen and oxygen atoms in total. The van der Waals surface area contributed by atoms with Crippen LogP contribution >= 0.6 is 0 Å². The van der Waals surface area contributed by atoms with Gasteiger partial charge in [-0.25, -0.2) is 19.4 Å². The minimum Gasteiger partial charge on any atom is -0.242 e. The second-order valence-corrected chi connectivity index (χ2v) is 3.84. The summed E-state index contributed by atoms with van der Waals surface area (Å²) in [5.41, 5.74) is 0.386. The van der Waals surface area contributed by atoms with Gasteiger partial charge in [0.15, 0.2) is 0 Å². The molecule has 0 N–H and O–H groups in total. The molecule has 0 aromatic rings. The first kappa shape index (κ1) is 12.5. The molecule has 1 fully saturated rings. The third-order valence-corrected chi connectivity index (χ3v) is 2.73. The van der Waals surface area contributed by atoms with E-state index < -0.39 is 11.9 Å². The van der Waals surface area contributed by atoms with E-state index in [4.69, 9.17) is 0 Å². The van der Waals surface area contributed by atoms with Crippen LogP contribution in [0.4, 0.5) is 0 Å². The van der Waals surface area contributed by atoms with Gasteiger partial charge in [-0.05, 0) is 18.8 Å². The van der Waals surface area contributed by atoms with Crippen LogP contribution in [0.1, 0.15) is 32.1 Å². The lowest BCUT2D eigenvalue weighted by molar-refractivity contribution is -0.251. The lowest BCUT2D eigenvalue weighted by Crippen LogP contribution is -2.18. The molecule has 0 aliphatic heterocycles. The predicted octanol–water partition coefficient (Wildman–Crippen LogP) is 2.31. The molecule has 88 valence electrons. The molecule has 0 unspecified atom stereocenters.